The SMILES string of the molecule is Cc1nn(C)c(=O)n1C1CCN(C(=O)Nc2ccc3c(c2)OCCO3)CC1. The first kappa shape index (κ1) is 17.4. The van der Waals surface area contributed by atoms with Gasteiger partial charge in [0.15, 0.2) is 11.5 Å². The zero-order valence-corrected chi connectivity index (χ0v) is 15.5. The molecule has 0 unspecified atom stereocenters. The minimum atomic E-state index is -0.152. The van der Waals surface area contributed by atoms with Crippen molar-refractivity contribution in [2.45, 2.75) is 25.8 Å². The predicted molar refractivity (Wildman–Crippen MR) is 98.5 cm³/mol. The summed E-state index contributed by atoms with van der Waals surface area (Å²) in [5.74, 6) is 2.04. The predicted octanol–water partition coefficient (Wildman–Crippen LogP) is 1.53. The molecule has 2 aliphatic heterocycles. The van der Waals surface area contributed by atoms with Crippen molar-refractivity contribution in [3.63, 3.8) is 0 Å². The number of carbonyl (C=O) groups excluding carboxylic acids is 1. The fourth-order valence-corrected chi connectivity index (χ4v) is 3.67. The van der Waals surface area contributed by atoms with Crippen molar-refractivity contribution in [3.8, 4) is 11.5 Å². The molecule has 1 aromatic carbocycles. The zero-order chi connectivity index (χ0) is 19.0. The van der Waals surface area contributed by atoms with Crippen LogP contribution in [0.4, 0.5) is 10.5 Å². The van der Waals surface area contributed by atoms with Crippen LogP contribution < -0.4 is 20.5 Å². The molecular formula is C18H23N5O4. The van der Waals surface area contributed by atoms with Gasteiger partial charge in [-0.25, -0.2) is 14.3 Å². The van der Waals surface area contributed by atoms with Crippen LogP contribution in [0.1, 0.15) is 24.7 Å². The fraction of sp³-hybridized carbons (Fsp3) is 0.500. The molecule has 2 amide bonds. The highest BCUT2D eigenvalue weighted by Crippen LogP contribution is 2.32. The second kappa shape index (κ2) is 6.98. The molecular weight excluding hydrogens is 350 g/mol. The summed E-state index contributed by atoms with van der Waals surface area (Å²) in [7, 11) is 1.65. The number of nitrogens with one attached hydrogen (secondary N) is 1. The number of urea groups is 1. The number of aryl methyl sites for hydroxylation is 2. The molecule has 1 saturated heterocycles. The van der Waals surface area contributed by atoms with Crippen LogP contribution in [0.2, 0.25) is 0 Å². The number of hydrogen-bond acceptors (Lipinski definition) is 5. The van der Waals surface area contributed by atoms with Crippen LogP contribution in [0, 0.1) is 6.92 Å². The van der Waals surface area contributed by atoms with Gasteiger partial charge in [-0.3, -0.25) is 4.57 Å². The van der Waals surface area contributed by atoms with Crippen molar-refractivity contribution < 1.29 is 14.3 Å². The summed E-state index contributed by atoms with van der Waals surface area (Å²) >= 11 is 0. The molecule has 2 aromatic rings. The second-order valence-electron chi connectivity index (χ2n) is 6.83. The lowest BCUT2D eigenvalue weighted by atomic mass is 10.1. The quantitative estimate of drug-likeness (QED) is 0.862. The number of hydrogen-bond donors (Lipinski definition) is 1. The van der Waals surface area contributed by atoms with Gasteiger partial charge in [-0.1, -0.05) is 0 Å². The Morgan fingerprint density at radius 1 is 1.19 bits per heavy atom. The molecule has 3 heterocycles. The summed E-state index contributed by atoms with van der Waals surface area (Å²) in [4.78, 5) is 26.6. The van der Waals surface area contributed by atoms with Crippen LogP contribution in [0.25, 0.3) is 0 Å². The smallest absolute Gasteiger partial charge is 0.345 e. The van der Waals surface area contributed by atoms with E-state index in [4.69, 9.17) is 9.47 Å². The number of piperidine rings is 1. The Kier molecular flexibility index (Phi) is 4.51. The molecule has 0 radical (unpaired) electrons. The van der Waals surface area contributed by atoms with Crippen molar-refractivity contribution in [1.82, 2.24) is 19.2 Å². The van der Waals surface area contributed by atoms with Gasteiger partial charge in [0.1, 0.15) is 19.0 Å². The standard InChI is InChI=1S/C18H23N5O4/c1-12-20-21(2)18(25)23(12)14-5-7-22(8-6-14)17(24)19-13-3-4-15-16(11-13)27-10-9-26-15/h3-4,11,14H,5-10H2,1-2H3,(H,19,24). The minimum Gasteiger partial charge on any atom is -0.486 e. The maximum Gasteiger partial charge on any atom is 0.345 e. The van der Waals surface area contributed by atoms with Gasteiger partial charge in [0, 0.05) is 37.9 Å². The van der Waals surface area contributed by atoms with Crippen LogP contribution in [0.3, 0.4) is 0 Å². The summed E-state index contributed by atoms with van der Waals surface area (Å²) < 4.78 is 14.1. The van der Waals surface area contributed by atoms with E-state index in [0.717, 1.165) is 12.8 Å². The average Bonchev–Trinajstić information content (AvgIpc) is 2.93. The summed E-state index contributed by atoms with van der Waals surface area (Å²) in [5, 5.41) is 7.09. The van der Waals surface area contributed by atoms with E-state index in [1.807, 2.05) is 6.92 Å². The number of carbonyl (C=O) groups is 1. The summed E-state index contributed by atoms with van der Waals surface area (Å²) in [5.41, 5.74) is 0.567. The van der Waals surface area contributed by atoms with Crippen molar-refractivity contribution in [2.24, 2.45) is 7.05 Å². The van der Waals surface area contributed by atoms with Crippen molar-refractivity contribution in [2.75, 3.05) is 31.6 Å². The Morgan fingerprint density at radius 2 is 1.89 bits per heavy atom. The molecule has 0 bridgehead atoms. The molecule has 0 saturated carbocycles. The van der Waals surface area contributed by atoms with Crippen molar-refractivity contribution >= 4 is 11.7 Å². The average molecular weight is 373 g/mol. The van der Waals surface area contributed by atoms with E-state index in [9.17, 15) is 9.59 Å². The van der Waals surface area contributed by atoms with Gasteiger partial charge in [0.05, 0.1) is 0 Å². The third kappa shape index (κ3) is 3.36. The first-order chi connectivity index (χ1) is 13.0. The zero-order valence-electron chi connectivity index (χ0n) is 15.5. The van der Waals surface area contributed by atoms with Gasteiger partial charge in [-0.2, -0.15) is 5.10 Å². The number of nitrogens with zero attached hydrogens (tertiary/aromatic N) is 4. The molecule has 2 aliphatic rings. The molecule has 144 valence electrons. The largest absolute Gasteiger partial charge is 0.486 e. The van der Waals surface area contributed by atoms with E-state index in [-0.39, 0.29) is 17.8 Å². The van der Waals surface area contributed by atoms with Crippen molar-refractivity contribution in [3.05, 3.63) is 34.5 Å². The monoisotopic (exact) mass is 373 g/mol. The number of amides is 2. The first-order valence-electron chi connectivity index (χ1n) is 9.10. The highest BCUT2D eigenvalue weighted by Gasteiger charge is 2.26. The highest BCUT2D eigenvalue weighted by molar-refractivity contribution is 5.89. The summed E-state index contributed by atoms with van der Waals surface area (Å²) in [6, 6.07) is 5.30. The Labute approximate surface area is 156 Å². The number of rotatable bonds is 2. The number of fused-ring (bicyclic) bond motifs is 1. The van der Waals surface area contributed by atoms with Gasteiger partial charge >= 0.3 is 11.7 Å². The summed E-state index contributed by atoms with van der Waals surface area (Å²) in [6.45, 7) is 4.05. The fourth-order valence-electron chi connectivity index (χ4n) is 3.67. The van der Waals surface area contributed by atoms with E-state index in [1.165, 1.54) is 4.68 Å². The number of anilines is 1. The minimum absolute atomic E-state index is 0.0737. The van der Waals surface area contributed by atoms with Gasteiger partial charge in [0.25, 0.3) is 0 Å². The maximum atomic E-state index is 12.6. The molecule has 1 aromatic heterocycles. The van der Waals surface area contributed by atoms with Gasteiger partial charge < -0.3 is 19.7 Å². The topological polar surface area (TPSA) is 90.6 Å². The molecule has 27 heavy (non-hydrogen) atoms. The van der Waals surface area contributed by atoms with Crippen molar-refractivity contribution in [1.29, 1.82) is 0 Å². The van der Waals surface area contributed by atoms with Crippen LogP contribution >= 0.6 is 0 Å². The molecule has 1 N–H and O–H groups in total. The highest BCUT2D eigenvalue weighted by atomic mass is 16.6. The molecule has 1 fully saturated rings. The Hall–Kier alpha value is -2.97. The lowest BCUT2D eigenvalue weighted by Gasteiger charge is -2.32. The first-order valence-corrected chi connectivity index (χ1v) is 9.10. The Balaban J connectivity index is 1.38. The molecule has 0 atom stereocenters. The summed E-state index contributed by atoms with van der Waals surface area (Å²) in [6.07, 6.45) is 1.45. The molecule has 0 aliphatic carbocycles. The third-order valence-electron chi connectivity index (χ3n) is 5.04. The number of benzene rings is 1. The second-order valence-corrected chi connectivity index (χ2v) is 6.83. The van der Waals surface area contributed by atoms with Gasteiger partial charge in [0.2, 0.25) is 0 Å². The van der Waals surface area contributed by atoms with Crippen LogP contribution in [-0.4, -0.2) is 51.6 Å². The van der Waals surface area contributed by atoms with Gasteiger partial charge in [-0.05, 0) is 31.9 Å². The van der Waals surface area contributed by atoms with E-state index in [2.05, 4.69) is 10.4 Å². The lowest BCUT2D eigenvalue weighted by Crippen LogP contribution is -2.43. The maximum absolute atomic E-state index is 12.6. The van der Waals surface area contributed by atoms with E-state index in [0.29, 0.717) is 49.3 Å². The van der Waals surface area contributed by atoms with E-state index >= 15 is 0 Å². The van der Waals surface area contributed by atoms with Crippen LogP contribution in [0.15, 0.2) is 23.0 Å². The number of ether oxygens (including phenoxy) is 2. The van der Waals surface area contributed by atoms with Crippen LogP contribution in [0.5, 0.6) is 11.5 Å². The molecule has 4 rings (SSSR count). The van der Waals surface area contributed by atoms with Crippen LogP contribution in [-0.2, 0) is 7.05 Å². The number of likely N-dealkylation sites (tertiary alicyclic amines) is 1. The van der Waals surface area contributed by atoms with E-state index in [1.54, 1.807) is 34.7 Å². The van der Waals surface area contributed by atoms with Gasteiger partial charge in [-0.15, -0.1) is 0 Å². The van der Waals surface area contributed by atoms with E-state index < -0.39 is 0 Å². The number of aromatic nitrogens is 3. The molecule has 9 nitrogen and oxygen atoms in total. The lowest BCUT2D eigenvalue weighted by molar-refractivity contribution is 0.171. The molecule has 0 spiro atoms. The normalized spacial score (nSPS) is 17.0. The Bertz CT molecular complexity index is 911. The Morgan fingerprint density at radius 3 is 2.56 bits per heavy atom. The third-order valence-corrected chi connectivity index (χ3v) is 5.04. The molecule has 9 heteroatoms.